The Bertz CT molecular complexity index is 317. The lowest BCUT2D eigenvalue weighted by Gasteiger charge is -2.02. The van der Waals surface area contributed by atoms with Crippen LogP contribution in [0.2, 0.25) is 0 Å². The molecule has 1 aromatic carbocycles. The Kier molecular flexibility index (Phi) is 3.26. The Morgan fingerprint density at radius 2 is 2.14 bits per heavy atom. The summed E-state index contributed by atoms with van der Waals surface area (Å²) in [6.07, 6.45) is 2.15. The standard InChI is InChI=1S/C10H12BrNO2/c11-12-5-1-2-8-3-4-9-10(6-8)14-7-13-9/h3-4,6,12H,1-2,5,7H2. The number of hydrogen-bond acceptors (Lipinski definition) is 3. The van der Waals surface area contributed by atoms with Crippen LogP contribution in [0.3, 0.4) is 0 Å². The summed E-state index contributed by atoms with van der Waals surface area (Å²) >= 11 is 3.18. The highest BCUT2D eigenvalue weighted by molar-refractivity contribution is 9.08. The Balaban J connectivity index is 1.98. The van der Waals surface area contributed by atoms with Crippen molar-refractivity contribution in [2.24, 2.45) is 0 Å². The largest absolute Gasteiger partial charge is 0.454 e. The molecule has 1 aliphatic rings. The van der Waals surface area contributed by atoms with E-state index >= 15 is 0 Å². The summed E-state index contributed by atoms with van der Waals surface area (Å²) in [5.74, 6) is 1.72. The molecule has 0 saturated carbocycles. The monoisotopic (exact) mass is 257 g/mol. The first kappa shape index (κ1) is 9.80. The van der Waals surface area contributed by atoms with Crippen LogP contribution in [0, 0.1) is 0 Å². The maximum Gasteiger partial charge on any atom is 0.231 e. The van der Waals surface area contributed by atoms with E-state index in [2.05, 4.69) is 32.6 Å². The summed E-state index contributed by atoms with van der Waals surface area (Å²) in [5, 5.41) is 0. The Morgan fingerprint density at radius 3 is 3.00 bits per heavy atom. The molecule has 0 bridgehead atoms. The quantitative estimate of drug-likeness (QED) is 0.663. The Hall–Kier alpha value is -0.740. The minimum absolute atomic E-state index is 0.349. The molecule has 76 valence electrons. The van der Waals surface area contributed by atoms with Gasteiger partial charge in [0.15, 0.2) is 11.5 Å². The first-order chi connectivity index (χ1) is 6.90. The van der Waals surface area contributed by atoms with Crippen LogP contribution in [-0.4, -0.2) is 13.3 Å². The SMILES string of the molecule is BrNCCCc1ccc2c(c1)OCO2. The summed E-state index contributed by atoms with van der Waals surface area (Å²) in [7, 11) is 0. The van der Waals surface area contributed by atoms with Gasteiger partial charge in [-0.2, -0.15) is 0 Å². The summed E-state index contributed by atoms with van der Waals surface area (Å²) in [6, 6.07) is 6.11. The van der Waals surface area contributed by atoms with Crippen molar-refractivity contribution in [3.63, 3.8) is 0 Å². The van der Waals surface area contributed by atoms with Gasteiger partial charge in [-0.05, 0) is 30.5 Å². The fraction of sp³-hybridized carbons (Fsp3) is 0.400. The summed E-state index contributed by atoms with van der Waals surface area (Å²) in [5.41, 5.74) is 1.29. The van der Waals surface area contributed by atoms with Crippen molar-refractivity contribution in [1.82, 2.24) is 4.34 Å². The van der Waals surface area contributed by atoms with E-state index in [1.165, 1.54) is 5.56 Å². The molecule has 1 aliphatic heterocycles. The molecule has 1 N–H and O–H groups in total. The van der Waals surface area contributed by atoms with Crippen molar-refractivity contribution >= 4 is 16.1 Å². The zero-order valence-corrected chi connectivity index (χ0v) is 9.34. The third-order valence-corrected chi connectivity index (χ3v) is 2.57. The van der Waals surface area contributed by atoms with Crippen LogP contribution in [0.15, 0.2) is 18.2 Å². The van der Waals surface area contributed by atoms with Gasteiger partial charge in [-0.3, -0.25) is 4.34 Å². The summed E-state index contributed by atoms with van der Waals surface area (Å²) in [4.78, 5) is 0. The molecule has 14 heavy (non-hydrogen) atoms. The van der Waals surface area contributed by atoms with E-state index in [-0.39, 0.29) is 0 Å². The van der Waals surface area contributed by atoms with Gasteiger partial charge in [-0.25, -0.2) is 0 Å². The van der Waals surface area contributed by atoms with Gasteiger partial charge in [0.1, 0.15) is 0 Å². The van der Waals surface area contributed by atoms with Crippen LogP contribution in [-0.2, 0) is 6.42 Å². The van der Waals surface area contributed by atoms with Crippen molar-refractivity contribution < 1.29 is 9.47 Å². The highest BCUT2D eigenvalue weighted by atomic mass is 79.9. The topological polar surface area (TPSA) is 30.5 Å². The number of hydrogen-bond donors (Lipinski definition) is 1. The predicted octanol–water partition coefficient (Wildman–Crippen LogP) is 2.25. The van der Waals surface area contributed by atoms with Gasteiger partial charge in [0, 0.05) is 22.7 Å². The Labute approximate surface area is 91.7 Å². The van der Waals surface area contributed by atoms with Crippen molar-refractivity contribution in [2.45, 2.75) is 12.8 Å². The molecule has 0 amide bonds. The second-order valence-corrected chi connectivity index (χ2v) is 3.74. The minimum atomic E-state index is 0.349. The molecule has 0 aromatic heterocycles. The number of fused-ring (bicyclic) bond motifs is 1. The molecule has 0 aliphatic carbocycles. The third kappa shape index (κ3) is 2.19. The number of aryl methyl sites for hydroxylation is 1. The lowest BCUT2D eigenvalue weighted by Crippen LogP contribution is -2.01. The first-order valence-corrected chi connectivity index (χ1v) is 5.41. The fourth-order valence-electron chi connectivity index (χ4n) is 1.46. The van der Waals surface area contributed by atoms with Crippen molar-refractivity contribution in [3.05, 3.63) is 23.8 Å². The Morgan fingerprint density at radius 1 is 1.29 bits per heavy atom. The second kappa shape index (κ2) is 4.66. The van der Waals surface area contributed by atoms with E-state index in [4.69, 9.17) is 9.47 Å². The average Bonchev–Trinajstić information content (AvgIpc) is 2.65. The van der Waals surface area contributed by atoms with Crippen molar-refractivity contribution in [2.75, 3.05) is 13.3 Å². The third-order valence-electron chi connectivity index (χ3n) is 2.17. The van der Waals surface area contributed by atoms with E-state index in [1.807, 2.05) is 6.07 Å². The molecule has 0 saturated heterocycles. The van der Waals surface area contributed by atoms with Crippen molar-refractivity contribution in [3.8, 4) is 11.5 Å². The van der Waals surface area contributed by atoms with Gasteiger partial charge >= 0.3 is 0 Å². The molecule has 0 unspecified atom stereocenters. The van der Waals surface area contributed by atoms with Gasteiger partial charge in [0.2, 0.25) is 6.79 Å². The number of ether oxygens (including phenoxy) is 2. The average molecular weight is 258 g/mol. The van der Waals surface area contributed by atoms with Crippen LogP contribution >= 0.6 is 16.1 Å². The van der Waals surface area contributed by atoms with Crippen LogP contribution in [0.5, 0.6) is 11.5 Å². The van der Waals surface area contributed by atoms with E-state index in [1.54, 1.807) is 0 Å². The normalized spacial score (nSPS) is 13.2. The van der Waals surface area contributed by atoms with Crippen LogP contribution < -0.4 is 13.8 Å². The number of nitrogens with one attached hydrogen (secondary N) is 1. The van der Waals surface area contributed by atoms with E-state index < -0.39 is 0 Å². The lowest BCUT2D eigenvalue weighted by atomic mass is 10.1. The van der Waals surface area contributed by atoms with Crippen molar-refractivity contribution in [1.29, 1.82) is 0 Å². The number of rotatable bonds is 4. The van der Waals surface area contributed by atoms with Crippen LogP contribution in [0.1, 0.15) is 12.0 Å². The molecule has 1 aromatic rings. The molecular formula is C10H12BrNO2. The summed E-state index contributed by atoms with van der Waals surface area (Å²) in [6.45, 7) is 1.32. The molecule has 0 spiro atoms. The molecular weight excluding hydrogens is 246 g/mol. The second-order valence-electron chi connectivity index (χ2n) is 3.17. The zero-order valence-electron chi connectivity index (χ0n) is 7.75. The smallest absolute Gasteiger partial charge is 0.231 e. The molecule has 0 radical (unpaired) electrons. The van der Waals surface area contributed by atoms with Gasteiger partial charge in [-0.15, -0.1) is 0 Å². The minimum Gasteiger partial charge on any atom is -0.454 e. The predicted molar refractivity (Wildman–Crippen MR) is 57.8 cm³/mol. The van der Waals surface area contributed by atoms with Gasteiger partial charge < -0.3 is 9.47 Å². The first-order valence-electron chi connectivity index (χ1n) is 4.62. The summed E-state index contributed by atoms with van der Waals surface area (Å²) < 4.78 is 13.5. The maximum atomic E-state index is 5.30. The highest BCUT2D eigenvalue weighted by Gasteiger charge is 2.12. The molecule has 3 nitrogen and oxygen atoms in total. The fourth-order valence-corrected chi connectivity index (χ4v) is 1.74. The number of benzene rings is 1. The molecule has 0 fully saturated rings. The number of halogens is 1. The van der Waals surface area contributed by atoms with Crippen LogP contribution in [0.25, 0.3) is 0 Å². The maximum absolute atomic E-state index is 5.30. The zero-order chi connectivity index (χ0) is 9.80. The van der Waals surface area contributed by atoms with E-state index in [0.717, 1.165) is 30.9 Å². The van der Waals surface area contributed by atoms with Gasteiger partial charge in [-0.1, -0.05) is 6.07 Å². The van der Waals surface area contributed by atoms with Gasteiger partial charge in [0.25, 0.3) is 0 Å². The van der Waals surface area contributed by atoms with Gasteiger partial charge in [0.05, 0.1) is 0 Å². The molecule has 4 heteroatoms. The molecule has 2 rings (SSSR count). The van der Waals surface area contributed by atoms with Crippen LogP contribution in [0.4, 0.5) is 0 Å². The molecule has 0 atom stereocenters. The lowest BCUT2D eigenvalue weighted by molar-refractivity contribution is 0.174. The van der Waals surface area contributed by atoms with E-state index in [9.17, 15) is 0 Å². The molecule has 1 heterocycles. The highest BCUT2D eigenvalue weighted by Crippen LogP contribution is 2.32. The van der Waals surface area contributed by atoms with E-state index in [0.29, 0.717) is 6.79 Å².